The number of carbonyl (C=O) groups is 2. The summed E-state index contributed by atoms with van der Waals surface area (Å²) in [6, 6.07) is 7.38. The van der Waals surface area contributed by atoms with E-state index < -0.39 is 17.9 Å². The van der Waals surface area contributed by atoms with Crippen LogP contribution in [-0.4, -0.2) is 29.6 Å². The molecule has 1 aromatic rings. The number of aliphatic hydroxyl groups excluding tert-OH is 1. The van der Waals surface area contributed by atoms with Crippen molar-refractivity contribution in [1.82, 2.24) is 5.32 Å². The van der Waals surface area contributed by atoms with E-state index in [9.17, 15) is 14.7 Å². The SMILES string of the molecule is CCc1ccccc1NC(=O)C(=O)NCCC(O)C(C)(C)C. The number of rotatable bonds is 5. The highest BCUT2D eigenvalue weighted by Gasteiger charge is 2.22. The molecule has 0 spiro atoms. The number of anilines is 1. The van der Waals surface area contributed by atoms with Crippen LogP contribution >= 0.6 is 0 Å². The third kappa shape index (κ3) is 5.48. The standard InChI is InChI=1S/C17H26N2O3/c1-5-12-8-6-7-9-13(12)19-16(22)15(21)18-11-10-14(20)17(2,3)4/h6-9,14,20H,5,10-11H2,1-4H3,(H,18,21)(H,19,22). The van der Waals surface area contributed by atoms with Crippen LogP contribution in [0.4, 0.5) is 5.69 Å². The zero-order valence-corrected chi connectivity index (χ0v) is 13.8. The maximum Gasteiger partial charge on any atom is 0.313 e. The summed E-state index contributed by atoms with van der Waals surface area (Å²) < 4.78 is 0. The summed E-state index contributed by atoms with van der Waals surface area (Å²) in [4.78, 5) is 23.6. The normalized spacial score (nSPS) is 12.6. The summed E-state index contributed by atoms with van der Waals surface area (Å²) in [5, 5.41) is 15.0. The van der Waals surface area contributed by atoms with Gasteiger partial charge in [0.15, 0.2) is 0 Å². The van der Waals surface area contributed by atoms with Gasteiger partial charge in [-0.3, -0.25) is 9.59 Å². The van der Waals surface area contributed by atoms with Crippen LogP contribution in [0.1, 0.15) is 39.7 Å². The second-order valence-corrected chi connectivity index (χ2v) is 6.39. The lowest BCUT2D eigenvalue weighted by atomic mass is 9.87. The molecule has 1 atom stereocenters. The van der Waals surface area contributed by atoms with Crippen molar-refractivity contribution in [2.24, 2.45) is 5.41 Å². The molecule has 0 heterocycles. The van der Waals surface area contributed by atoms with Crippen LogP contribution < -0.4 is 10.6 Å². The molecule has 22 heavy (non-hydrogen) atoms. The molecule has 0 radical (unpaired) electrons. The predicted molar refractivity (Wildman–Crippen MR) is 87.5 cm³/mol. The Labute approximate surface area is 132 Å². The molecule has 5 heteroatoms. The first-order valence-electron chi connectivity index (χ1n) is 7.60. The van der Waals surface area contributed by atoms with E-state index >= 15 is 0 Å². The number of amides is 2. The van der Waals surface area contributed by atoms with Gasteiger partial charge in [-0.05, 0) is 29.9 Å². The van der Waals surface area contributed by atoms with E-state index in [0.29, 0.717) is 12.1 Å². The lowest BCUT2D eigenvalue weighted by Gasteiger charge is -2.25. The average Bonchev–Trinajstić information content (AvgIpc) is 2.46. The van der Waals surface area contributed by atoms with Crippen LogP contribution in [0.15, 0.2) is 24.3 Å². The molecule has 0 bridgehead atoms. The lowest BCUT2D eigenvalue weighted by Crippen LogP contribution is -2.38. The Balaban J connectivity index is 2.48. The van der Waals surface area contributed by atoms with Crippen molar-refractivity contribution in [3.8, 4) is 0 Å². The molecule has 3 N–H and O–H groups in total. The van der Waals surface area contributed by atoms with Gasteiger partial charge in [0.2, 0.25) is 0 Å². The first-order chi connectivity index (χ1) is 10.3. The largest absolute Gasteiger partial charge is 0.393 e. The molecular formula is C17H26N2O3. The van der Waals surface area contributed by atoms with E-state index in [-0.39, 0.29) is 12.0 Å². The van der Waals surface area contributed by atoms with E-state index in [2.05, 4.69) is 10.6 Å². The zero-order valence-electron chi connectivity index (χ0n) is 13.8. The van der Waals surface area contributed by atoms with Crippen molar-refractivity contribution in [3.63, 3.8) is 0 Å². The zero-order chi connectivity index (χ0) is 16.8. The van der Waals surface area contributed by atoms with Gasteiger partial charge in [0, 0.05) is 12.2 Å². The number of hydrogen-bond acceptors (Lipinski definition) is 3. The number of carbonyl (C=O) groups excluding carboxylic acids is 2. The third-order valence-corrected chi connectivity index (χ3v) is 3.56. The molecule has 0 aliphatic carbocycles. The molecule has 1 aromatic carbocycles. The average molecular weight is 306 g/mol. The van der Waals surface area contributed by atoms with Crippen molar-refractivity contribution < 1.29 is 14.7 Å². The van der Waals surface area contributed by atoms with Crippen LogP contribution in [0.3, 0.4) is 0 Å². The summed E-state index contributed by atoms with van der Waals surface area (Å²) >= 11 is 0. The molecule has 1 unspecified atom stereocenters. The van der Waals surface area contributed by atoms with Crippen molar-refractivity contribution in [1.29, 1.82) is 0 Å². The number of hydrogen-bond donors (Lipinski definition) is 3. The molecular weight excluding hydrogens is 280 g/mol. The summed E-state index contributed by atoms with van der Waals surface area (Å²) in [7, 11) is 0. The maximum absolute atomic E-state index is 11.9. The second kappa shape index (κ2) is 7.94. The topological polar surface area (TPSA) is 78.4 Å². The van der Waals surface area contributed by atoms with Crippen molar-refractivity contribution in [3.05, 3.63) is 29.8 Å². The Morgan fingerprint density at radius 2 is 1.82 bits per heavy atom. The van der Waals surface area contributed by atoms with Crippen LogP contribution in [0.5, 0.6) is 0 Å². The molecule has 5 nitrogen and oxygen atoms in total. The first kappa shape index (κ1) is 18.2. The Hall–Kier alpha value is -1.88. The molecule has 2 amide bonds. The van der Waals surface area contributed by atoms with Crippen molar-refractivity contribution >= 4 is 17.5 Å². The van der Waals surface area contributed by atoms with Crippen LogP contribution in [-0.2, 0) is 16.0 Å². The van der Waals surface area contributed by atoms with Gasteiger partial charge < -0.3 is 15.7 Å². The van der Waals surface area contributed by atoms with Crippen LogP contribution in [0, 0.1) is 5.41 Å². The number of aliphatic hydroxyl groups is 1. The molecule has 0 aliphatic heterocycles. The predicted octanol–water partition coefficient (Wildman–Crippen LogP) is 2.10. The van der Waals surface area contributed by atoms with Gasteiger partial charge in [0.1, 0.15) is 0 Å². The van der Waals surface area contributed by atoms with E-state index in [1.807, 2.05) is 45.9 Å². The van der Waals surface area contributed by atoms with E-state index in [1.165, 1.54) is 0 Å². The van der Waals surface area contributed by atoms with Gasteiger partial charge in [-0.25, -0.2) is 0 Å². The lowest BCUT2D eigenvalue weighted by molar-refractivity contribution is -0.136. The summed E-state index contributed by atoms with van der Waals surface area (Å²) in [6.07, 6.45) is 0.654. The molecule has 0 fully saturated rings. The smallest absolute Gasteiger partial charge is 0.313 e. The Kier molecular flexibility index (Phi) is 6.56. The Bertz CT molecular complexity index is 521. The number of para-hydroxylation sites is 1. The van der Waals surface area contributed by atoms with Gasteiger partial charge in [-0.2, -0.15) is 0 Å². The third-order valence-electron chi connectivity index (χ3n) is 3.56. The number of aryl methyl sites for hydroxylation is 1. The summed E-state index contributed by atoms with van der Waals surface area (Å²) in [5.41, 5.74) is 1.39. The minimum atomic E-state index is -0.689. The highest BCUT2D eigenvalue weighted by molar-refractivity contribution is 6.39. The summed E-state index contributed by atoms with van der Waals surface area (Å²) in [5.74, 6) is -1.38. The number of nitrogens with one attached hydrogen (secondary N) is 2. The van der Waals surface area contributed by atoms with Crippen molar-refractivity contribution in [2.45, 2.75) is 46.6 Å². The van der Waals surface area contributed by atoms with Gasteiger partial charge in [0.25, 0.3) is 0 Å². The second-order valence-electron chi connectivity index (χ2n) is 6.39. The molecule has 0 saturated heterocycles. The fourth-order valence-corrected chi connectivity index (χ4v) is 1.97. The molecule has 1 rings (SSSR count). The van der Waals surface area contributed by atoms with Gasteiger partial charge in [-0.15, -0.1) is 0 Å². The minimum absolute atomic E-state index is 0.243. The Morgan fingerprint density at radius 3 is 2.41 bits per heavy atom. The molecule has 122 valence electrons. The van der Waals surface area contributed by atoms with E-state index in [0.717, 1.165) is 12.0 Å². The quantitative estimate of drug-likeness (QED) is 0.729. The van der Waals surface area contributed by atoms with E-state index in [4.69, 9.17) is 0 Å². The minimum Gasteiger partial charge on any atom is -0.393 e. The highest BCUT2D eigenvalue weighted by Crippen LogP contribution is 2.21. The van der Waals surface area contributed by atoms with Crippen molar-refractivity contribution in [2.75, 3.05) is 11.9 Å². The highest BCUT2D eigenvalue weighted by atomic mass is 16.3. The molecule has 0 aromatic heterocycles. The van der Waals surface area contributed by atoms with Crippen LogP contribution in [0.2, 0.25) is 0 Å². The van der Waals surface area contributed by atoms with E-state index in [1.54, 1.807) is 6.07 Å². The Morgan fingerprint density at radius 1 is 1.18 bits per heavy atom. The van der Waals surface area contributed by atoms with Gasteiger partial charge in [0.05, 0.1) is 6.10 Å². The number of benzene rings is 1. The fraction of sp³-hybridized carbons (Fsp3) is 0.529. The van der Waals surface area contributed by atoms with Gasteiger partial charge in [-0.1, -0.05) is 45.9 Å². The molecule has 0 saturated carbocycles. The first-order valence-corrected chi connectivity index (χ1v) is 7.60. The fourth-order valence-electron chi connectivity index (χ4n) is 1.97. The summed E-state index contributed by atoms with van der Waals surface area (Å²) in [6.45, 7) is 8.02. The monoisotopic (exact) mass is 306 g/mol. The molecule has 0 aliphatic rings. The maximum atomic E-state index is 11.9. The van der Waals surface area contributed by atoms with Gasteiger partial charge >= 0.3 is 11.8 Å². The van der Waals surface area contributed by atoms with Crippen LogP contribution in [0.25, 0.3) is 0 Å².